The van der Waals surface area contributed by atoms with Gasteiger partial charge in [0, 0.05) is 34.8 Å². The molecule has 2 N–H and O–H groups in total. The Bertz CT molecular complexity index is 1460. The summed E-state index contributed by atoms with van der Waals surface area (Å²) >= 11 is 0. The van der Waals surface area contributed by atoms with Gasteiger partial charge >= 0.3 is 0 Å². The average molecular weight is 451 g/mol. The Hall–Kier alpha value is -4.37. The van der Waals surface area contributed by atoms with Crippen LogP contribution in [0.4, 0.5) is 0 Å². The molecule has 0 aliphatic carbocycles. The third-order valence-corrected chi connectivity index (χ3v) is 6.45. The van der Waals surface area contributed by atoms with Gasteiger partial charge in [0.05, 0.1) is 11.8 Å². The largest absolute Gasteiger partial charge is 0.507 e. The minimum atomic E-state index is -0.460. The number of nitrogens with one attached hydrogen (secondary N) is 1. The molecule has 0 saturated carbocycles. The lowest BCUT2D eigenvalue weighted by atomic mass is 9.94. The Labute approximate surface area is 198 Å². The number of nitriles is 1. The Morgan fingerprint density at radius 3 is 2.53 bits per heavy atom. The highest BCUT2D eigenvalue weighted by Gasteiger charge is 2.12. The number of hydrazone groups is 1. The topological polar surface area (TPSA) is 90.4 Å². The van der Waals surface area contributed by atoms with Crippen LogP contribution in [0.5, 0.6) is 5.75 Å². The molecule has 0 radical (unpaired) electrons. The van der Waals surface area contributed by atoms with Crippen LogP contribution >= 0.6 is 0 Å². The lowest BCUT2D eigenvalue weighted by molar-refractivity contribution is 0.0955. The fourth-order valence-corrected chi connectivity index (χ4v) is 4.20. The molecule has 6 nitrogen and oxygen atoms in total. The van der Waals surface area contributed by atoms with Crippen molar-refractivity contribution in [2.75, 3.05) is 0 Å². The van der Waals surface area contributed by atoms with Crippen LogP contribution in [0.25, 0.3) is 10.9 Å². The molecule has 0 atom stereocenters. The minimum Gasteiger partial charge on any atom is -0.507 e. The molecule has 0 bridgehead atoms. The van der Waals surface area contributed by atoms with Crippen LogP contribution in [0.1, 0.15) is 49.3 Å². The van der Waals surface area contributed by atoms with Gasteiger partial charge in [0.15, 0.2) is 0 Å². The Morgan fingerprint density at radius 2 is 1.82 bits per heavy atom. The predicted octanol–water partition coefficient (Wildman–Crippen LogP) is 5.26. The van der Waals surface area contributed by atoms with Crippen LogP contribution < -0.4 is 5.43 Å². The number of fused-ring (bicyclic) bond motifs is 1. The zero-order valence-corrected chi connectivity index (χ0v) is 19.7. The van der Waals surface area contributed by atoms with E-state index < -0.39 is 5.91 Å². The van der Waals surface area contributed by atoms with Crippen molar-refractivity contribution < 1.29 is 9.90 Å². The molecule has 1 aromatic heterocycles. The number of carbonyl (C=O) groups excluding carboxylic acids is 1. The van der Waals surface area contributed by atoms with Crippen molar-refractivity contribution in [2.24, 2.45) is 5.10 Å². The van der Waals surface area contributed by atoms with Crippen molar-refractivity contribution in [3.8, 4) is 11.8 Å². The molecular weight excluding hydrogens is 424 g/mol. The number of rotatable bonds is 5. The van der Waals surface area contributed by atoms with Gasteiger partial charge in [0.1, 0.15) is 11.8 Å². The van der Waals surface area contributed by atoms with Gasteiger partial charge in [-0.25, -0.2) is 5.43 Å². The quantitative estimate of drug-likeness (QED) is 0.321. The van der Waals surface area contributed by atoms with Crippen molar-refractivity contribution in [3.63, 3.8) is 0 Å². The van der Waals surface area contributed by atoms with Crippen molar-refractivity contribution in [1.82, 2.24) is 9.99 Å². The molecular formula is C28H26N4O2. The summed E-state index contributed by atoms with van der Waals surface area (Å²) in [6, 6.07) is 16.3. The summed E-state index contributed by atoms with van der Waals surface area (Å²) in [5.41, 5.74) is 11.3. The molecule has 4 aromatic rings. The van der Waals surface area contributed by atoms with Crippen LogP contribution in [0.3, 0.4) is 0 Å². The SMILES string of the molecule is Cc1cc(C)c(C)c(Cn2ccc3c(C=NNC(=O)c4ccc(O)c(C#N)c4)cccc32)c1C. The Balaban J connectivity index is 1.58. The zero-order valence-electron chi connectivity index (χ0n) is 19.7. The predicted molar refractivity (Wildman–Crippen MR) is 134 cm³/mol. The smallest absolute Gasteiger partial charge is 0.271 e. The molecule has 3 aromatic carbocycles. The Morgan fingerprint density at radius 1 is 1.09 bits per heavy atom. The van der Waals surface area contributed by atoms with E-state index in [0.717, 1.165) is 23.0 Å². The lowest BCUT2D eigenvalue weighted by Crippen LogP contribution is -2.17. The van der Waals surface area contributed by atoms with Crippen LogP contribution in [0.2, 0.25) is 0 Å². The van der Waals surface area contributed by atoms with Gasteiger partial charge in [-0.05, 0) is 85.8 Å². The molecule has 0 spiro atoms. The van der Waals surface area contributed by atoms with E-state index in [2.05, 4.69) is 67.2 Å². The molecule has 0 fully saturated rings. The molecule has 1 heterocycles. The van der Waals surface area contributed by atoms with Crippen LogP contribution in [0, 0.1) is 39.0 Å². The highest BCUT2D eigenvalue weighted by Crippen LogP contribution is 2.26. The normalized spacial score (nSPS) is 11.1. The summed E-state index contributed by atoms with van der Waals surface area (Å²) in [4.78, 5) is 12.4. The van der Waals surface area contributed by atoms with Gasteiger partial charge < -0.3 is 9.67 Å². The fraction of sp³-hybridized carbons (Fsp3) is 0.179. The number of aromatic nitrogens is 1. The molecule has 0 aliphatic heterocycles. The van der Waals surface area contributed by atoms with E-state index in [0.29, 0.717) is 0 Å². The molecule has 0 aliphatic rings. The number of amides is 1. The highest BCUT2D eigenvalue weighted by molar-refractivity contribution is 6.00. The maximum atomic E-state index is 12.4. The second-order valence-electron chi connectivity index (χ2n) is 8.51. The molecule has 170 valence electrons. The second-order valence-corrected chi connectivity index (χ2v) is 8.51. The lowest BCUT2D eigenvalue weighted by Gasteiger charge is -2.16. The summed E-state index contributed by atoms with van der Waals surface area (Å²) in [6.07, 6.45) is 3.69. The third kappa shape index (κ3) is 4.28. The second kappa shape index (κ2) is 9.24. The Kier molecular flexibility index (Phi) is 6.20. The van der Waals surface area contributed by atoms with Crippen molar-refractivity contribution >= 4 is 23.0 Å². The van der Waals surface area contributed by atoms with E-state index >= 15 is 0 Å². The van der Waals surface area contributed by atoms with E-state index in [-0.39, 0.29) is 16.9 Å². The van der Waals surface area contributed by atoms with Gasteiger partial charge in [-0.15, -0.1) is 0 Å². The van der Waals surface area contributed by atoms with Gasteiger partial charge in [0.25, 0.3) is 5.91 Å². The van der Waals surface area contributed by atoms with Gasteiger partial charge in [-0.3, -0.25) is 4.79 Å². The van der Waals surface area contributed by atoms with Crippen molar-refractivity contribution in [3.05, 3.63) is 99.2 Å². The molecule has 6 heteroatoms. The summed E-state index contributed by atoms with van der Waals surface area (Å²) in [7, 11) is 0. The maximum absolute atomic E-state index is 12.4. The molecule has 0 saturated heterocycles. The number of hydrogen-bond donors (Lipinski definition) is 2. The zero-order chi connectivity index (χ0) is 24.4. The highest BCUT2D eigenvalue weighted by atomic mass is 16.3. The third-order valence-electron chi connectivity index (χ3n) is 6.45. The number of phenols is 1. The summed E-state index contributed by atoms with van der Waals surface area (Å²) in [5.74, 6) is -0.622. The standard InChI is InChI=1S/C28H26N4O2/c1-17-12-18(2)20(4)25(19(17)3)16-32-11-10-24-22(6-5-7-26(24)32)15-30-31-28(34)21-8-9-27(33)23(13-21)14-29/h5-13,15,33H,16H2,1-4H3,(H,31,34). The monoisotopic (exact) mass is 450 g/mol. The first-order chi connectivity index (χ1) is 16.3. The molecule has 34 heavy (non-hydrogen) atoms. The number of nitrogens with zero attached hydrogens (tertiary/aromatic N) is 3. The van der Waals surface area contributed by atoms with Crippen molar-refractivity contribution in [2.45, 2.75) is 34.2 Å². The number of phenolic OH excluding ortho intramolecular Hbond substituents is 1. The van der Waals surface area contributed by atoms with Gasteiger partial charge in [-0.2, -0.15) is 10.4 Å². The summed E-state index contributed by atoms with van der Waals surface area (Å²) in [6.45, 7) is 9.44. The average Bonchev–Trinajstić information content (AvgIpc) is 3.24. The number of aryl methyl sites for hydroxylation is 2. The first kappa shape index (κ1) is 22.8. The summed E-state index contributed by atoms with van der Waals surface area (Å²) < 4.78 is 2.24. The van der Waals surface area contributed by atoms with E-state index in [1.807, 2.05) is 18.2 Å². The van der Waals surface area contributed by atoms with E-state index in [4.69, 9.17) is 5.26 Å². The first-order valence-electron chi connectivity index (χ1n) is 11.0. The van der Waals surface area contributed by atoms with Gasteiger partial charge in [0.2, 0.25) is 0 Å². The van der Waals surface area contributed by atoms with Gasteiger partial charge in [-0.1, -0.05) is 18.2 Å². The summed E-state index contributed by atoms with van der Waals surface area (Å²) in [5, 5.41) is 23.8. The van der Waals surface area contributed by atoms with Crippen molar-refractivity contribution in [1.29, 1.82) is 5.26 Å². The molecule has 0 unspecified atom stereocenters. The number of benzene rings is 3. The maximum Gasteiger partial charge on any atom is 0.271 e. The molecule has 1 amide bonds. The van der Waals surface area contributed by atoms with E-state index in [9.17, 15) is 9.90 Å². The van der Waals surface area contributed by atoms with Crippen LogP contribution in [-0.2, 0) is 6.54 Å². The number of hydrogen-bond acceptors (Lipinski definition) is 4. The number of aromatic hydroxyl groups is 1. The van der Waals surface area contributed by atoms with E-state index in [1.165, 1.54) is 46.0 Å². The number of carbonyl (C=O) groups is 1. The van der Waals surface area contributed by atoms with E-state index in [1.54, 1.807) is 6.21 Å². The van der Waals surface area contributed by atoms with Crippen LogP contribution in [0.15, 0.2) is 59.8 Å². The molecule has 4 rings (SSSR count). The fourth-order valence-electron chi connectivity index (χ4n) is 4.20. The minimum absolute atomic E-state index is 0.0389. The van der Waals surface area contributed by atoms with Crippen LogP contribution in [-0.4, -0.2) is 21.8 Å². The first-order valence-corrected chi connectivity index (χ1v) is 11.0.